The molecule has 0 aromatic heterocycles. The largest absolute Gasteiger partial charge is 0.480 e. The normalized spacial score (nSPS) is 25.4. The fourth-order valence-corrected chi connectivity index (χ4v) is 3.51. The fourth-order valence-electron chi connectivity index (χ4n) is 3.51. The van der Waals surface area contributed by atoms with Gasteiger partial charge in [-0.2, -0.15) is 0 Å². The number of aliphatic hydroxyl groups is 1. The molecule has 1 unspecified atom stereocenters. The molecule has 0 aromatic carbocycles. The van der Waals surface area contributed by atoms with Gasteiger partial charge in [0.2, 0.25) is 0 Å². The van der Waals surface area contributed by atoms with Crippen molar-refractivity contribution in [1.82, 2.24) is 9.80 Å². The van der Waals surface area contributed by atoms with E-state index in [1.807, 2.05) is 0 Å². The van der Waals surface area contributed by atoms with Gasteiger partial charge in [-0.25, -0.2) is 9.59 Å². The minimum atomic E-state index is -0.932. The van der Waals surface area contributed by atoms with Gasteiger partial charge < -0.3 is 20.0 Å². The van der Waals surface area contributed by atoms with Crippen molar-refractivity contribution in [2.24, 2.45) is 0 Å². The third-order valence-corrected chi connectivity index (χ3v) is 4.68. The van der Waals surface area contributed by atoms with E-state index >= 15 is 0 Å². The zero-order chi connectivity index (χ0) is 15.5. The van der Waals surface area contributed by atoms with E-state index in [1.54, 1.807) is 7.05 Å². The van der Waals surface area contributed by atoms with Crippen molar-refractivity contribution in [3.63, 3.8) is 0 Å². The number of hydrogen-bond acceptors (Lipinski definition) is 3. The summed E-state index contributed by atoms with van der Waals surface area (Å²) in [6, 6.07) is -1.01. The average molecular weight is 298 g/mol. The number of nitrogens with zero attached hydrogens (tertiary/aromatic N) is 2. The Morgan fingerprint density at radius 3 is 2.48 bits per heavy atom. The van der Waals surface area contributed by atoms with Crippen molar-refractivity contribution in [2.75, 3.05) is 20.1 Å². The lowest BCUT2D eigenvalue weighted by Gasteiger charge is -2.34. The summed E-state index contributed by atoms with van der Waals surface area (Å²) in [5.74, 6) is -0.932. The van der Waals surface area contributed by atoms with Crippen LogP contribution in [0.1, 0.15) is 51.4 Å². The van der Waals surface area contributed by atoms with E-state index in [2.05, 4.69) is 0 Å². The number of carboxylic acid groups (broad SMARTS) is 1. The summed E-state index contributed by atoms with van der Waals surface area (Å²) < 4.78 is 0. The molecular formula is C15H26N2O4. The second-order valence-electron chi connectivity index (χ2n) is 6.47. The number of rotatable bonds is 3. The fraction of sp³-hybridized carbons (Fsp3) is 0.867. The number of carboxylic acids is 1. The number of hydrogen-bond donors (Lipinski definition) is 2. The molecule has 21 heavy (non-hydrogen) atoms. The molecule has 1 aliphatic carbocycles. The van der Waals surface area contributed by atoms with E-state index in [0.29, 0.717) is 25.8 Å². The van der Waals surface area contributed by atoms with E-state index in [-0.39, 0.29) is 12.6 Å². The predicted molar refractivity (Wildman–Crippen MR) is 78.0 cm³/mol. The molecule has 0 radical (unpaired) electrons. The van der Waals surface area contributed by atoms with Gasteiger partial charge in [0.25, 0.3) is 0 Å². The molecule has 2 aliphatic rings. The summed E-state index contributed by atoms with van der Waals surface area (Å²) in [7, 11) is 1.66. The van der Waals surface area contributed by atoms with Gasteiger partial charge in [-0.05, 0) is 25.7 Å². The zero-order valence-electron chi connectivity index (χ0n) is 12.8. The van der Waals surface area contributed by atoms with E-state index in [4.69, 9.17) is 0 Å². The van der Waals surface area contributed by atoms with Crippen LogP contribution in [-0.2, 0) is 4.79 Å². The molecule has 6 nitrogen and oxygen atoms in total. The van der Waals surface area contributed by atoms with Crippen LogP contribution in [0.25, 0.3) is 0 Å². The minimum absolute atomic E-state index is 0.273. The summed E-state index contributed by atoms with van der Waals surface area (Å²) in [5.41, 5.74) is -0.797. The zero-order valence-corrected chi connectivity index (χ0v) is 12.8. The monoisotopic (exact) mass is 298 g/mol. The van der Waals surface area contributed by atoms with Gasteiger partial charge in [0.1, 0.15) is 6.04 Å². The molecule has 1 aliphatic heterocycles. The average Bonchev–Trinajstić information content (AvgIpc) is 2.72. The van der Waals surface area contributed by atoms with E-state index in [1.165, 1.54) is 9.80 Å². The molecule has 1 atom stereocenters. The van der Waals surface area contributed by atoms with Crippen molar-refractivity contribution in [2.45, 2.75) is 63.0 Å². The lowest BCUT2D eigenvalue weighted by Crippen LogP contribution is -2.52. The van der Waals surface area contributed by atoms with Gasteiger partial charge in [0.15, 0.2) is 0 Å². The molecule has 2 N–H and O–H groups in total. The third kappa shape index (κ3) is 3.87. The number of aliphatic carboxylic acids is 1. The maximum absolute atomic E-state index is 12.6. The quantitative estimate of drug-likeness (QED) is 0.830. The van der Waals surface area contributed by atoms with Crippen LogP contribution in [0.2, 0.25) is 0 Å². The second kappa shape index (κ2) is 6.64. The van der Waals surface area contributed by atoms with Crippen LogP contribution in [0.5, 0.6) is 0 Å². The van der Waals surface area contributed by atoms with Crippen molar-refractivity contribution < 1.29 is 19.8 Å². The van der Waals surface area contributed by atoms with Crippen LogP contribution in [0.4, 0.5) is 4.79 Å². The first-order chi connectivity index (χ1) is 9.93. The van der Waals surface area contributed by atoms with Gasteiger partial charge >= 0.3 is 12.0 Å². The molecule has 1 saturated heterocycles. The Morgan fingerprint density at radius 1 is 1.19 bits per heavy atom. The van der Waals surface area contributed by atoms with Crippen molar-refractivity contribution in [3.8, 4) is 0 Å². The van der Waals surface area contributed by atoms with Crippen LogP contribution in [0.3, 0.4) is 0 Å². The molecule has 0 aromatic rings. The maximum Gasteiger partial charge on any atom is 0.326 e. The summed E-state index contributed by atoms with van der Waals surface area (Å²) in [6.45, 7) is 0.771. The van der Waals surface area contributed by atoms with E-state index < -0.39 is 17.6 Å². The molecule has 0 bridgehead atoms. The predicted octanol–water partition coefficient (Wildman–Crippen LogP) is 1.67. The van der Waals surface area contributed by atoms with Gasteiger partial charge in [0.05, 0.1) is 12.1 Å². The smallest absolute Gasteiger partial charge is 0.326 e. The molecule has 0 spiro atoms. The topological polar surface area (TPSA) is 81.1 Å². The molecule has 2 fully saturated rings. The number of carbonyl (C=O) groups is 2. The standard InChI is InChI=1S/C15H26N2O4/c1-16(11-15(21)8-4-5-9-15)14(20)17-10-6-2-3-7-12(17)13(18)19/h12,21H,2-11H2,1H3,(H,18,19). The number of urea groups is 1. The Morgan fingerprint density at radius 2 is 1.86 bits per heavy atom. The Hall–Kier alpha value is -1.30. The first kappa shape index (κ1) is 16.1. The van der Waals surface area contributed by atoms with E-state index in [0.717, 1.165) is 32.1 Å². The van der Waals surface area contributed by atoms with Crippen molar-refractivity contribution >= 4 is 12.0 Å². The molecule has 6 heteroatoms. The number of carbonyl (C=O) groups excluding carboxylic acids is 1. The molecule has 2 amide bonds. The summed E-state index contributed by atoms with van der Waals surface area (Å²) in [6.07, 6.45) is 6.56. The van der Waals surface area contributed by atoms with Crippen LogP contribution in [0, 0.1) is 0 Å². The maximum atomic E-state index is 12.6. The van der Waals surface area contributed by atoms with Crippen LogP contribution < -0.4 is 0 Å². The van der Waals surface area contributed by atoms with Crippen LogP contribution in [-0.4, -0.2) is 63.8 Å². The molecule has 2 rings (SSSR count). The lowest BCUT2D eigenvalue weighted by atomic mass is 10.0. The summed E-state index contributed by atoms with van der Waals surface area (Å²) in [5, 5.41) is 19.7. The Kier molecular flexibility index (Phi) is 5.08. The van der Waals surface area contributed by atoms with E-state index in [9.17, 15) is 19.8 Å². The molecule has 120 valence electrons. The second-order valence-corrected chi connectivity index (χ2v) is 6.47. The molecule has 1 heterocycles. The highest BCUT2D eigenvalue weighted by atomic mass is 16.4. The van der Waals surface area contributed by atoms with Crippen molar-refractivity contribution in [3.05, 3.63) is 0 Å². The van der Waals surface area contributed by atoms with Crippen LogP contribution >= 0.6 is 0 Å². The number of likely N-dealkylation sites (tertiary alicyclic amines) is 1. The molecule has 1 saturated carbocycles. The number of likely N-dealkylation sites (N-methyl/N-ethyl adjacent to an activating group) is 1. The van der Waals surface area contributed by atoms with Crippen LogP contribution in [0.15, 0.2) is 0 Å². The Balaban J connectivity index is 2.03. The number of amides is 2. The third-order valence-electron chi connectivity index (χ3n) is 4.68. The Bertz CT molecular complexity index is 393. The highest BCUT2D eigenvalue weighted by molar-refractivity contribution is 5.82. The van der Waals surface area contributed by atoms with Crippen molar-refractivity contribution in [1.29, 1.82) is 0 Å². The first-order valence-electron chi connectivity index (χ1n) is 7.90. The van der Waals surface area contributed by atoms with Gasteiger partial charge in [-0.15, -0.1) is 0 Å². The lowest BCUT2D eigenvalue weighted by molar-refractivity contribution is -0.142. The molecular weight excluding hydrogens is 272 g/mol. The SMILES string of the molecule is CN(CC1(O)CCCC1)C(=O)N1CCCCCC1C(=O)O. The minimum Gasteiger partial charge on any atom is -0.480 e. The van der Waals surface area contributed by atoms with Gasteiger partial charge in [0, 0.05) is 13.6 Å². The van der Waals surface area contributed by atoms with Gasteiger partial charge in [-0.1, -0.05) is 25.7 Å². The highest BCUT2D eigenvalue weighted by Gasteiger charge is 2.37. The first-order valence-corrected chi connectivity index (χ1v) is 7.90. The summed E-state index contributed by atoms with van der Waals surface area (Å²) >= 11 is 0. The highest BCUT2D eigenvalue weighted by Crippen LogP contribution is 2.30. The van der Waals surface area contributed by atoms with Gasteiger partial charge in [-0.3, -0.25) is 0 Å². The summed E-state index contributed by atoms with van der Waals surface area (Å²) in [4.78, 5) is 26.9. The Labute approximate surface area is 125 Å².